The van der Waals surface area contributed by atoms with E-state index in [0.717, 1.165) is 12.1 Å². The fourth-order valence-corrected chi connectivity index (χ4v) is 1.81. The van der Waals surface area contributed by atoms with Crippen LogP contribution < -0.4 is 5.32 Å². The molecule has 0 saturated heterocycles. The van der Waals surface area contributed by atoms with Crippen molar-refractivity contribution in [2.24, 2.45) is 0 Å². The molecule has 0 radical (unpaired) electrons. The Kier molecular flexibility index (Phi) is 6.50. The van der Waals surface area contributed by atoms with E-state index in [2.05, 4.69) is 5.32 Å². The molecule has 23 heavy (non-hydrogen) atoms. The number of hydrogen-bond donors (Lipinski definition) is 2. The highest BCUT2D eigenvalue weighted by atomic mass is 19.1. The van der Waals surface area contributed by atoms with E-state index in [1.807, 2.05) is 0 Å². The van der Waals surface area contributed by atoms with E-state index in [4.69, 9.17) is 9.47 Å². The topological polar surface area (TPSA) is 84.9 Å². The van der Waals surface area contributed by atoms with Crippen molar-refractivity contribution in [3.63, 3.8) is 0 Å². The predicted octanol–water partition coefficient (Wildman–Crippen LogP) is 2.32. The zero-order valence-electron chi connectivity index (χ0n) is 13.6. The number of esters is 1. The summed E-state index contributed by atoms with van der Waals surface area (Å²) < 4.78 is 22.9. The SMILES string of the molecule is CCOC(=O)[C@H](O)[C@@H](NC(=O)OC(C)(C)C)c1ccc(F)cc1. The molecule has 128 valence electrons. The molecule has 2 atom stereocenters. The molecule has 7 heteroatoms. The molecular formula is C16H22FNO5. The lowest BCUT2D eigenvalue weighted by molar-refractivity contribution is -0.154. The molecule has 0 unspecified atom stereocenters. The zero-order chi connectivity index (χ0) is 17.6. The van der Waals surface area contributed by atoms with Gasteiger partial charge in [-0.05, 0) is 45.4 Å². The van der Waals surface area contributed by atoms with E-state index in [9.17, 15) is 19.1 Å². The van der Waals surface area contributed by atoms with Gasteiger partial charge in [-0.3, -0.25) is 0 Å². The maximum Gasteiger partial charge on any atom is 0.408 e. The molecule has 1 aromatic rings. The second-order valence-electron chi connectivity index (χ2n) is 5.87. The maximum absolute atomic E-state index is 13.0. The van der Waals surface area contributed by atoms with Gasteiger partial charge in [-0.25, -0.2) is 14.0 Å². The van der Waals surface area contributed by atoms with Gasteiger partial charge in [-0.2, -0.15) is 0 Å². The van der Waals surface area contributed by atoms with E-state index in [-0.39, 0.29) is 6.61 Å². The highest BCUT2D eigenvalue weighted by Gasteiger charge is 2.31. The number of alkyl carbamates (subject to hydrolysis) is 1. The van der Waals surface area contributed by atoms with Crippen molar-refractivity contribution in [1.29, 1.82) is 0 Å². The largest absolute Gasteiger partial charge is 0.464 e. The van der Waals surface area contributed by atoms with Gasteiger partial charge in [0.2, 0.25) is 0 Å². The van der Waals surface area contributed by atoms with Crippen LogP contribution in [0.2, 0.25) is 0 Å². The number of rotatable bonds is 5. The number of amides is 1. The van der Waals surface area contributed by atoms with Gasteiger partial charge in [-0.15, -0.1) is 0 Å². The van der Waals surface area contributed by atoms with E-state index < -0.39 is 35.6 Å². The minimum Gasteiger partial charge on any atom is -0.464 e. The number of carbonyl (C=O) groups is 2. The minimum atomic E-state index is -1.65. The second kappa shape index (κ2) is 7.92. The van der Waals surface area contributed by atoms with Gasteiger partial charge in [0.25, 0.3) is 0 Å². The molecule has 0 heterocycles. The van der Waals surface area contributed by atoms with Crippen LogP contribution in [0.25, 0.3) is 0 Å². The highest BCUT2D eigenvalue weighted by molar-refractivity contribution is 5.77. The van der Waals surface area contributed by atoms with Crippen molar-refractivity contribution in [2.45, 2.75) is 45.4 Å². The number of halogens is 1. The molecular weight excluding hydrogens is 305 g/mol. The summed E-state index contributed by atoms with van der Waals surface area (Å²) in [4.78, 5) is 23.7. The van der Waals surface area contributed by atoms with Crippen molar-refractivity contribution in [1.82, 2.24) is 5.32 Å². The summed E-state index contributed by atoms with van der Waals surface area (Å²) in [6, 6.07) is 3.93. The Hall–Kier alpha value is -2.15. The smallest absolute Gasteiger partial charge is 0.408 e. The van der Waals surface area contributed by atoms with Gasteiger partial charge in [0, 0.05) is 0 Å². The summed E-state index contributed by atoms with van der Waals surface area (Å²) in [5.41, 5.74) is -0.399. The summed E-state index contributed by atoms with van der Waals surface area (Å²) in [6.45, 7) is 6.72. The normalized spacial score (nSPS) is 13.8. The lowest BCUT2D eigenvalue weighted by Gasteiger charge is -2.26. The van der Waals surface area contributed by atoms with Crippen LogP contribution in [0.3, 0.4) is 0 Å². The van der Waals surface area contributed by atoms with E-state index in [1.165, 1.54) is 12.1 Å². The van der Waals surface area contributed by atoms with E-state index in [0.29, 0.717) is 5.56 Å². The zero-order valence-corrected chi connectivity index (χ0v) is 13.6. The number of aliphatic hydroxyl groups excluding tert-OH is 1. The molecule has 0 aromatic heterocycles. The summed E-state index contributed by atoms with van der Waals surface area (Å²) in [6.07, 6.45) is -2.46. The molecule has 0 aliphatic rings. The first-order valence-corrected chi connectivity index (χ1v) is 7.23. The molecule has 0 aliphatic heterocycles. The van der Waals surface area contributed by atoms with Crippen molar-refractivity contribution in [3.05, 3.63) is 35.6 Å². The van der Waals surface area contributed by atoms with Crippen LogP contribution in [0.4, 0.5) is 9.18 Å². The van der Waals surface area contributed by atoms with Crippen molar-refractivity contribution in [2.75, 3.05) is 6.61 Å². The average Bonchev–Trinajstić information content (AvgIpc) is 2.43. The summed E-state index contributed by atoms with van der Waals surface area (Å²) in [7, 11) is 0. The third kappa shape index (κ3) is 6.23. The molecule has 2 N–H and O–H groups in total. The predicted molar refractivity (Wildman–Crippen MR) is 81.2 cm³/mol. The Morgan fingerprint density at radius 3 is 2.30 bits per heavy atom. The van der Waals surface area contributed by atoms with Crippen LogP contribution in [0, 0.1) is 5.82 Å². The van der Waals surface area contributed by atoms with E-state index >= 15 is 0 Å². The van der Waals surface area contributed by atoms with Gasteiger partial charge >= 0.3 is 12.1 Å². The number of carbonyl (C=O) groups excluding carboxylic acids is 2. The Labute approximate surface area is 134 Å². The van der Waals surface area contributed by atoms with Crippen LogP contribution in [-0.2, 0) is 14.3 Å². The van der Waals surface area contributed by atoms with Gasteiger partial charge in [0.05, 0.1) is 12.6 Å². The summed E-state index contributed by atoms with van der Waals surface area (Å²) in [5, 5.41) is 12.6. The molecule has 0 spiro atoms. The Balaban J connectivity index is 2.99. The molecule has 6 nitrogen and oxygen atoms in total. The van der Waals surface area contributed by atoms with Gasteiger partial charge < -0.3 is 19.9 Å². The number of ether oxygens (including phenoxy) is 2. The van der Waals surface area contributed by atoms with Crippen molar-refractivity contribution in [3.8, 4) is 0 Å². The lowest BCUT2D eigenvalue weighted by atomic mass is 10.0. The Bertz CT molecular complexity index is 538. The minimum absolute atomic E-state index is 0.0818. The first kappa shape index (κ1) is 18.9. The van der Waals surface area contributed by atoms with Gasteiger partial charge in [0.1, 0.15) is 11.4 Å². The number of aliphatic hydroxyl groups is 1. The summed E-state index contributed by atoms with van der Waals surface area (Å²) in [5.74, 6) is -1.37. The maximum atomic E-state index is 13.0. The fourth-order valence-electron chi connectivity index (χ4n) is 1.81. The quantitative estimate of drug-likeness (QED) is 0.811. The first-order chi connectivity index (χ1) is 10.6. The number of benzene rings is 1. The third-order valence-electron chi connectivity index (χ3n) is 2.75. The number of hydrogen-bond acceptors (Lipinski definition) is 5. The molecule has 0 saturated carbocycles. The number of nitrogens with one attached hydrogen (secondary N) is 1. The van der Waals surface area contributed by atoms with Crippen molar-refractivity contribution >= 4 is 12.1 Å². The first-order valence-electron chi connectivity index (χ1n) is 7.23. The molecule has 1 amide bonds. The van der Waals surface area contributed by atoms with Crippen molar-refractivity contribution < 1.29 is 28.6 Å². The highest BCUT2D eigenvalue weighted by Crippen LogP contribution is 2.20. The van der Waals surface area contributed by atoms with Gasteiger partial charge in [-0.1, -0.05) is 12.1 Å². The standard InChI is InChI=1S/C16H22FNO5/c1-5-22-14(20)13(19)12(10-6-8-11(17)9-7-10)18-15(21)23-16(2,3)4/h6-9,12-13,19H,5H2,1-4H3,(H,18,21)/t12-,13+/m0/s1. The fraction of sp³-hybridized carbons (Fsp3) is 0.500. The third-order valence-corrected chi connectivity index (χ3v) is 2.75. The molecule has 0 fully saturated rings. The van der Waals surface area contributed by atoms with Crippen LogP contribution in [0.15, 0.2) is 24.3 Å². The molecule has 0 bridgehead atoms. The van der Waals surface area contributed by atoms with Crippen LogP contribution in [0.5, 0.6) is 0 Å². The molecule has 1 aromatic carbocycles. The second-order valence-corrected chi connectivity index (χ2v) is 5.87. The Morgan fingerprint density at radius 1 is 1.26 bits per heavy atom. The van der Waals surface area contributed by atoms with E-state index in [1.54, 1.807) is 27.7 Å². The van der Waals surface area contributed by atoms with Crippen LogP contribution >= 0.6 is 0 Å². The molecule has 0 aliphatic carbocycles. The van der Waals surface area contributed by atoms with Crippen LogP contribution in [-0.4, -0.2) is 35.5 Å². The monoisotopic (exact) mass is 327 g/mol. The van der Waals surface area contributed by atoms with Gasteiger partial charge in [0.15, 0.2) is 6.10 Å². The average molecular weight is 327 g/mol. The molecule has 1 rings (SSSR count). The van der Waals surface area contributed by atoms with Crippen LogP contribution in [0.1, 0.15) is 39.3 Å². The summed E-state index contributed by atoms with van der Waals surface area (Å²) >= 11 is 0. The Morgan fingerprint density at radius 2 is 1.83 bits per heavy atom. The lowest BCUT2D eigenvalue weighted by Crippen LogP contribution is -2.43.